The third-order valence-corrected chi connectivity index (χ3v) is 2.28. The molecular formula is C9H17N5O. The molecule has 1 amide bonds. The van der Waals surface area contributed by atoms with E-state index < -0.39 is 0 Å². The first-order valence-electron chi connectivity index (χ1n) is 5.03. The molecule has 0 aliphatic rings. The van der Waals surface area contributed by atoms with Crippen LogP contribution in [0.25, 0.3) is 0 Å². The molecular weight excluding hydrogens is 194 g/mol. The van der Waals surface area contributed by atoms with Gasteiger partial charge in [0, 0.05) is 6.04 Å². The van der Waals surface area contributed by atoms with Gasteiger partial charge in [0.15, 0.2) is 0 Å². The fourth-order valence-electron chi connectivity index (χ4n) is 1.35. The minimum absolute atomic E-state index is 0.0812. The Kier molecular flexibility index (Phi) is 3.65. The maximum atomic E-state index is 11.6. The van der Waals surface area contributed by atoms with Gasteiger partial charge in [-0.1, -0.05) is 20.8 Å². The Morgan fingerprint density at radius 2 is 2.27 bits per heavy atom. The van der Waals surface area contributed by atoms with E-state index in [9.17, 15) is 4.79 Å². The molecule has 0 saturated carbocycles. The van der Waals surface area contributed by atoms with Gasteiger partial charge in [0.05, 0.1) is 0 Å². The van der Waals surface area contributed by atoms with Crippen molar-refractivity contribution in [1.29, 1.82) is 0 Å². The molecule has 1 unspecified atom stereocenters. The lowest BCUT2D eigenvalue weighted by Gasteiger charge is -2.19. The molecule has 0 saturated heterocycles. The van der Waals surface area contributed by atoms with E-state index in [1.807, 2.05) is 6.92 Å². The molecule has 1 aromatic rings. The number of hydrogen-bond donors (Lipinski definition) is 3. The van der Waals surface area contributed by atoms with Crippen molar-refractivity contribution in [3.05, 3.63) is 5.82 Å². The summed E-state index contributed by atoms with van der Waals surface area (Å²) in [6, 6.07) is 0.142. The van der Waals surface area contributed by atoms with Gasteiger partial charge >= 0.3 is 0 Å². The maximum absolute atomic E-state index is 11.6. The molecule has 0 aliphatic carbocycles. The number of nitrogens with zero attached hydrogens (tertiary/aromatic N) is 2. The first-order chi connectivity index (χ1) is 7.04. The standard InChI is InChI=1S/C9H17N5O/c1-4-6(5(2)3)11-8(15)7-12-9(10)14-13-7/h5-6H,4H2,1-3H3,(H,11,15)(H3,10,12,13,14). The lowest BCUT2D eigenvalue weighted by atomic mass is 10.0. The monoisotopic (exact) mass is 211 g/mol. The number of nitrogen functional groups attached to an aromatic ring is 1. The number of nitrogens with one attached hydrogen (secondary N) is 2. The predicted molar refractivity (Wildman–Crippen MR) is 57.2 cm³/mol. The fraction of sp³-hybridized carbons (Fsp3) is 0.667. The molecule has 6 nitrogen and oxygen atoms in total. The molecule has 1 atom stereocenters. The Labute approximate surface area is 88.7 Å². The van der Waals surface area contributed by atoms with Crippen molar-refractivity contribution in [1.82, 2.24) is 20.5 Å². The van der Waals surface area contributed by atoms with E-state index in [0.29, 0.717) is 5.92 Å². The molecule has 1 heterocycles. The highest BCUT2D eigenvalue weighted by Crippen LogP contribution is 2.06. The van der Waals surface area contributed by atoms with Crippen LogP contribution in [0.15, 0.2) is 0 Å². The summed E-state index contributed by atoms with van der Waals surface area (Å²) < 4.78 is 0. The van der Waals surface area contributed by atoms with Crippen LogP contribution in [0.5, 0.6) is 0 Å². The van der Waals surface area contributed by atoms with Gasteiger partial charge in [-0.05, 0) is 12.3 Å². The van der Waals surface area contributed by atoms with Crippen LogP contribution in [0.1, 0.15) is 37.8 Å². The third-order valence-electron chi connectivity index (χ3n) is 2.28. The van der Waals surface area contributed by atoms with Crippen molar-refractivity contribution < 1.29 is 4.79 Å². The van der Waals surface area contributed by atoms with Crippen molar-refractivity contribution in [2.75, 3.05) is 5.73 Å². The van der Waals surface area contributed by atoms with Gasteiger partial charge in [0.1, 0.15) is 0 Å². The molecule has 0 spiro atoms. The topological polar surface area (TPSA) is 96.7 Å². The summed E-state index contributed by atoms with van der Waals surface area (Å²) in [6.07, 6.45) is 0.882. The van der Waals surface area contributed by atoms with E-state index in [1.165, 1.54) is 0 Å². The quantitative estimate of drug-likeness (QED) is 0.677. The molecule has 1 aromatic heterocycles. The normalized spacial score (nSPS) is 12.8. The SMILES string of the molecule is CCC(NC(=O)c1nc(N)n[nH]1)C(C)C. The molecule has 15 heavy (non-hydrogen) atoms. The summed E-state index contributed by atoms with van der Waals surface area (Å²) in [5.74, 6) is 0.364. The number of amides is 1. The zero-order chi connectivity index (χ0) is 11.4. The minimum Gasteiger partial charge on any atom is -0.366 e. The third kappa shape index (κ3) is 2.93. The molecule has 0 aromatic carbocycles. The van der Waals surface area contributed by atoms with E-state index in [1.54, 1.807) is 0 Å². The van der Waals surface area contributed by atoms with Crippen molar-refractivity contribution in [3.8, 4) is 0 Å². The highest BCUT2D eigenvalue weighted by molar-refractivity contribution is 5.90. The highest BCUT2D eigenvalue weighted by Gasteiger charge is 2.17. The van der Waals surface area contributed by atoms with Gasteiger partial charge < -0.3 is 11.1 Å². The van der Waals surface area contributed by atoms with Crippen LogP contribution < -0.4 is 11.1 Å². The molecule has 0 bridgehead atoms. The van der Waals surface area contributed by atoms with E-state index in [4.69, 9.17) is 5.73 Å². The number of carbonyl (C=O) groups excluding carboxylic acids is 1. The Bertz CT molecular complexity index is 333. The van der Waals surface area contributed by atoms with Crippen LogP contribution in [0, 0.1) is 5.92 Å². The number of hydrogen-bond acceptors (Lipinski definition) is 4. The Morgan fingerprint density at radius 1 is 1.60 bits per heavy atom. The second-order valence-electron chi connectivity index (χ2n) is 3.77. The lowest BCUT2D eigenvalue weighted by molar-refractivity contribution is 0.0914. The van der Waals surface area contributed by atoms with E-state index >= 15 is 0 Å². The minimum atomic E-state index is -0.264. The van der Waals surface area contributed by atoms with E-state index in [2.05, 4.69) is 34.3 Å². The van der Waals surface area contributed by atoms with Crippen LogP contribution in [0.2, 0.25) is 0 Å². The van der Waals surface area contributed by atoms with Crippen molar-refractivity contribution >= 4 is 11.9 Å². The zero-order valence-corrected chi connectivity index (χ0v) is 9.24. The predicted octanol–water partition coefficient (Wildman–Crippen LogP) is 0.551. The Balaban J connectivity index is 2.62. The van der Waals surface area contributed by atoms with Crippen LogP contribution >= 0.6 is 0 Å². The molecule has 0 fully saturated rings. The van der Waals surface area contributed by atoms with Crippen LogP contribution in [0.3, 0.4) is 0 Å². The average Bonchev–Trinajstić information content (AvgIpc) is 2.60. The van der Waals surface area contributed by atoms with Crippen LogP contribution in [-0.4, -0.2) is 27.1 Å². The summed E-state index contributed by atoms with van der Waals surface area (Å²) in [5, 5.41) is 8.94. The highest BCUT2D eigenvalue weighted by atomic mass is 16.2. The first-order valence-corrected chi connectivity index (χ1v) is 5.03. The Hall–Kier alpha value is -1.59. The van der Waals surface area contributed by atoms with Crippen molar-refractivity contribution in [2.24, 2.45) is 5.92 Å². The van der Waals surface area contributed by atoms with Crippen molar-refractivity contribution in [2.45, 2.75) is 33.2 Å². The number of aromatic amines is 1. The van der Waals surface area contributed by atoms with Crippen molar-refractivity contribution in [3.63, 3.8) is 0 Å². The second kappa shape index (κ2) is 4.77. The second-order valence-corrected chi connectivity index (χ2v) is 3.77. The van der Waals surface area contributed by atoms with Crippen LogP contribution in [-0.2, 0) is 0 Å². The van der Waals surface area contributed by atoms with Crippen LogP contribution in [0.4, 0.5) is 5.95 Å². The molecule has 0 radical (unpaired) electrons. The summed E-state index contributed by atoms with van der Waals surface area (Å²) >= 11 is 0. The number of aromatic nitrogens is 3. The van der Waals surface area contributed by atoms with Gasteiger partial charge in [0.2, 0.25) is 11.8 Å². The van der Waals surface area contributed by atoms with Gasteiger partial charge in [-0.15, -0.1) is 5.10 Å². The summed E-state index contributed by atoms with van der Waals surface area (Å²) in [5.41, 5.74) is 5.31. The first kappa shape index (κ1) is 11.5. The fourth-order valence-corrected chi connectivity index (χ4v) is 1.35. The number of H-pyrrole nitrogens is 1. The zero-order valence-electron chi connectivity index (χ0n) is 9.24. The number of carbonyl (C=O) groups is 1. The maximum Gasteiger partial charge on any atom is 0.288 e. The molecule has 4 N–H and O–H groups in total. The smallest absolute Gasteiger partial charge is 0.288 e. The number of nitrogens with two attached hydrogens (primary N) is 1. The van der Waals surface area contributed by atoms with E-state index in [0.717, 1.165) is 6.42 Å². The molecule has 0 aliphatic heterocycles. The largest absolute Gasteiger partial charge is 0.366 e. The molecule has 1 rings (SSSR count). The summed E-state index contributed by atoms with van der Waals surface area (Å²) in [6.45, 7) is 6.14. The molecule has 84 valence electrons. The number of anilines is 1. The van der Waals surface area contributed by atoms with Gasteiger partial charge in [-0.3, -0.25) is 9.89 Å². The average molecular weight is 211 g/mol. The van der Waals surface area contributed by atoms with Gasteiger partial charge in [0.25, 0.3) is 5.91 Å². The lowest BCUT2D eigenvalue weighted by Crippen LogP contribution is -2.38. The Morgan fingerprint density at radius 3 is 2.67 bits per heavy atom. The van der Waals surface area contributed by atoms with E-state index in [-0.39, 0.29) is 23.7 Å². The summed E-state index contributed by atoms with van der Waals surface area (Å²) in [4.78, 5) is 15.4. The van der Waals surface area contributed by atoms with Gasteiger partial charge in [-0.2, -0.15) is 4.98 Å². The van der Waals surface area contributed by atoms with Gasteiger partial charge in [-0.25, -0.2) is 0 Å². The number of rotatable bonds is 4. The molecule has 6 heteroatoms. The summed E-state index contributed by atoms with van der Waals surface area (Å²) in [7, 11) is 0.